The van der Waals surface area contributed by atoms with Crippen LogP contribution in [0, 0.1) is 6.92 Å². The zero-order valence-corrected chi connectivity index (χ0v) is 10.7. The van der Waals surface area contributed by atoms with E-state index in [1.807, 2.05) is 19.1 Å². The van der Waals surface area contributed by atoms with Gasteiger partial charge in [0.1, 0.15) is 17.2 Å². The Morgan fingerprint density at radius 3 is 2.61 bits per heavy atom. The lowest BCUT2D eigenvalue weighted by Gasteiger charge is -2.11. The molecule has 1 N–H and O–H groups in total. The predicted molar refractivity (Wildman–Crippen MR) is 67.3 cm³/mol. The fourth-order valence-corrected chi connectivity index (χ4v) is 1.80. The fourth-order valence-electron chi connectivity index (χ4n) is 1.80. The van der Waals surface area contributed by atoms with Crippen molar-refractivity contribution in [2.75, 3.05) is 14.2 Å². The summed E-state index contributed by atoms with van der Waals surface area (Å²) in [6.07, 6.45) is 1.65. The Labute approximate surface area is 106 Å². The summed E-state index contributed by atoms with van der Waals surface area (Å²) in [6.45, 7) is 1.88. The molecule has 1 aromatic heterocycles. The Balaban J connectivity index is 2.52. The van der Waals surface area contributed by atoms with Gasteiger partial charge in [0.25, 0.3) is 0 Å². The molecule has 0 fully saturated rings. The quantitative estimate of drug-likeness (QED) is 0.894. The van der Waals surface area contributed by atoms with E-state index in [-0.39, 0.29) is 6.61 Å². The van der Waals surface area contributed by atoms with Crippen molar-refractivity contribution < 1.29 is 14.6 Å². The van der Waals surface area contributed by atoms with Crippen LogP contribution in [-0.2, 0) is 6.61 Å². The Kier molecular flexibility index (Phi) is 3.53. The van der Waals surface area contributed by atoms with Crippen molar-refractivity contribution in [1.29, 1.82) is 0 Å². The summed E-state index contributed by atoms with van der Waals surface area (Å²) in [5.41, 5.74) is 2.50. The van der Waals surface area contributed by atoms with Crippen molar-refractivity contribution >= 4 is 0 Å². The highest BCUT2D eigenvalue weighted by molar-refractivity contribution is 5.51. The Morgan fingerprint density at radius 1 is 1.28 bits per heavy atom. The van der Waals surface area contributed by atoms with Crippen molar-refractivity contribution in [1.82, 2.24) is 9.78 Å². The molecule has 0 amide bonds. The van der Waals surface area contributed by atoms with Crippen molar-refractivity contribution in [3.05, 3.63) is 35.7 Å². The molecule has 0 saturated carbocycles. The molecule has 0 unspecified atom stereocenters. The molecule has 5 nitrogen and oxygen atoms in total. The summed E-state index contributed by atoms with van der Waals surface area (Å²) < 4.78 is 12.2. The van der Waals surface area contributed by atoms with Crippen LogP contribution >= 0.6 is 0 Å². The van der Waals surface area contributed by atoms with Crippen molar-refractivity contribution in [3.63, 3.8) is 0 Å². The Morgan fingerprint density at radius 2 is 2.06 bits per heavy atom. The second-order valence-corrected chi connectivity index (χ2v) is 3.86. The van der Waals surface area contributed by atoms with Crippen LogP contribution in [0.1, 0.15) is 11.3 Å². The number of methoxy groups -OCH3 is 2. The van der Waals surface area contributed by atoms with Crippen LogP contribution < -0.4 is 9.47 Å². The molecule has 0 atom stereocenters. The minimum atomic E-state index is -0.0235. The number of aromatic nitrogens is 2. The van der Waals surface area contributed by atoms with E-state index in [0.717, 1.165) is 22.7 Å². The molecule has 5 heteroatoms. The first-order valence-electron chi connectivity index (χ1n) is 5.58. The van der Waals surface area contributed by atoms with Crippen LogP contribution in [0.5, 0.6) is 11.5 Å². The molecule has 0 bridgehead atoms. The highest BCUT2D eigenvalue weighted by Crippen LogP contribution is 2.28. The Bertz CT molecular complexity index is 549. The van der Waals surface area contributed by atoms with E-state index in [2.05, 4.69) is 5.10 Å². The van der Waals surface area contributed by atoms with E-state index < -0.39 is 0 Å². The number of ether oxygens (including phenoxy) is 2. The molecule has 2 aromatic rings. The number of rotatable bonds is 4. The van der Waals surface area contributed by atoms with Gasteiger partial charge in [-0.2, -0.15) is 5.10 Å². The van der Waals surface area contributed by atoms with Crippen LogP contribution in [0.3, 0.4) is 0 Å². The molecular formula is C13H16N2O3. The zero-order chi connectivity index (χ0) is 13.1. The van der Waals surface area contributed by atoms with E-state index in [1.54, 1.807) is 31.2 Å². The molecule has 1 heterocycles. The van der Waals surface area contributed by atoms with Gasteiger partial charge >= 0.3 is 0 Å². The maximum Gasteiger partial charge on any atom is 0.148 e. The van der Waals surface area contributed by atoms with Gasteiger partial charge in [-0.05, 0) is 19.1 Å². The highest BCUT2D eigenvalue weighted by atomic mass is 16.5. The second-order valence-electron chi connectivity index (χ2n) is 3.86. The first kappa shape index (κ1) is 12.4. The first-order valence-corrected chi connectivity index (χ1v) is 5.58. The van der Waals surface area contributed by atoms with Crippen molar-refractivity contribution in [3.8, 4) is 17.2 Å². The van der Waals surface area contributed by atoms with Crippen LogP contribution in [0.2, 0.25) is 0 Å². The largest absolute Gasteiger partial charge is 0.497 e. The van der Waals surface area contributed by atoms with Gasteiger partial charge in [-0.25, -0.2) is 4.68 Å². The molecular weight excluding hydrogens is 232 g/mol. The first-order chi connectivity index (χ1) is 8.71. The monoisotopic (exact) mass is 248 g/mol. The zero-order valence-electron chi connectivity index (χ0n) is 10.7. The SMILES string of the molecule is COc1ccc(-n2ncc(CO)c2C)c(OC)c1. The second kappa shape index (κ2) is 5.10. The average molecular weight is 248 g/mol. The normalized spacial score (nSPS) is 10.4. The smallest absolute Gasteiger partial charge is 0.148 e. The number of aliphatic hydroxyl groups excluding tert-OH is 1. The van der Waals surface area contributed by atoms with Gasteiger partial charge in [0, 0.05) is 17.3 Å². The van der Waals surface area contributed by atoms with E-state index in [9.17, 15) is 5.11 Å². The fraction of sp³-hybridized carbons (Fsp3) is 0.308. The van der Waals surface area contributed by atoms with Gasteiger partial charge in [0.05, 0.1) is 27.0 Å². The van der Waals surface area contributed by atoms with E-state index in [4.69, 9.17) is 9.47 Å². The van der Waals surface area contributed by atoms with Gasteiger partial charge in [0.2, 0.25) is 0 Å². The minimum Gasteiger partial charge on any atom is -0.497 e. The molecule has 0 aliphatic rings. The summed E-state index contributed by atoms with van der Waals surface area (Å²) in [5.74, 6) is 1.40. The lowest BCUT2D eigenvalue weighted by atomic mass is 10.2. The molecule has 0 aliphatic carbocycles. The van der Waals surface area contributed by atoms with Crippen molar-refractivity contribution in [2.45, 2.75) is 13.5 Å². The predicted octanol–water partition coefficient (Wildman–Crippen LogP) is 1.69. The molecule has 18 heavy (non-hydrogen) atoms. The minimum absolute atomic E-state index is 0.0235. The summed E-state index contributed by atoms with van der Waals surface area (Å²) in [6, 6.07) is 5.52. The molecule has 0 aliphatic heterocycles. The Hall–Kier alpha value is -2.01. The van der Waals surface area contributed by atoms with Gasteiger partial charge in [-0.3, -0.25) is 0 Å². The standard InChI is InChI=1S/C13H16N2O3/c1-9-10(8-16)7-14-15(9)12-5-4-11(17-2)6-13(12)18-3/h4-7,16H,8H2,1-3H3. The third-order valence-electron chi connectivity index (χ3n) is 2.90. The summed E-state index contributed by atoms with van der Waals surface area (Å²) in [4.78, 5) is 0. The van der Waals surface area contributed by atoms with Gasteiger partial charge in [-0.1, -0.05) is 0 Å². The number of benzene rings is 1. The molecule has 0 radical (unpaired) electrons. The maximum atomic E-state index is 9.18. The molecule has 96 valence electrons. The van der Waals surface area contributed by atoms with Crippen LogP contribution in [0.15, 0.2) is 24.4 Å². The van der Waals surface area contributed by atoms with E-state index in [0.29, 0.717) is 5.75 Å². The highest BCUT2D eigenvalue weighted by Gasteiger charge is 2.12. The topological polar surface area (TPSA) is 56.5 Å². The average Bonchev–Trinajstić information content (AvgIpc) is 2.78. The van der Waals surface area contributed by atoms with Gasteiger partial charge < -0.3 is 14.6 Å². The van der Waals surface area contributed by atoms with Crippen LogP contribution in [0.4, 0.5) is 0 Å². The number of aliphatic hydroxyl groups is 1. The third-order valence-corrected chi connectivity index (χ3v) is 2.90. The van der Waals surface area contributed by atoms with Gasteiger partial charge in [-0.15, -0.1) is 0 Å². The summed E-state index contributed by atoms with van der Waals surface area (Å²) >= 11 is 0. The number of hydrogen-bond acceptors (Lipinski definition) is 4. The third kappa shape index (κ3) is 2.04. The molecule has 0 saturated heterocycles. The van der Waals surface area contributed by atoms with Crippen LogP contribution in [-0.4, -0.2) is 29.1 Å². The molecule has 1 aromatic carbocycles. The summed E-state index contributed by atoms with van der Waals surface area (Å²) in [5, 5.41) is 13.4. The number of nitrogens with zero attached hydrogens (tertiary/aromatic N) is 2. The lowest BCUT2D eigenvalue weighted by Crippen LogP contribution is -2.02. The molecule has 2 rings (SSSR count). The molecule has 0 spiro atoms. The van der Waals surface area contributed by atoms with Gasteiger partial charge in [0.15, 0.2) is 0 Å². The van der Waals surface area contributed by atoms with Crippen molar-refractivity contribution in [2.24, 2.45) is 0 Å². The maximum absolute atomic E-state index is 9.18. The summed E-state index contributed by atoms with van der Waals surface area (Å²) in [7, 11) is 3.21. The lowest BCUT2D eigenvalue weighted by molar-refractivity contribution is 0.281. The van der Waals surface area contributed by atoms with E-state index >= 15 is 0 Å². The van der Waals surface area contributed by atoms with Crippen LogP contribution in [0.25, 0.3) is 5.69 Å². The number of hydrogen-bond donors (Lipinski definition) is 1. The van der Waals surface area contributed by atoms with E-state index in [1.165, 1.54) is 0 Å².